The van der Waals surface area contributed by atoms with Gasteiger partial charge in [0, 0.05) is 12.1 Å². The third-order valence-electron chi connectivity index (χ3n) is 3.11. The van der Waals surface area contributed by atoms with Gasteiger partial charge >= 0.3 is 5.69 Å². The number of aromatic nitrogens is 3. The number of hydrogen-bond donors (Lipinski definition) is 0. The van der Waals surface area contributed by atoms with Crippen molar-refractivity contribution in [3.05, 3.63) is 54.6 Å². The molecule has 0 bridgehead atoms. The normalized spacial score (nSPS) is 11.0. The summed E-state index contributed by atoms with van der Waals surface area (Å²) in [5.41, 5.74) is 2.14. The molecule has 0 N–H and O–H groups in total. The maximum atomic E-state index is 11.9. The van der Waals surface area contributed by atoms with Crippen LogP contribution in [0, 0.1) is 0 Å². The van der Waals surface area contributed by atoms with Crippen LogP contribution >= 0.6 is 0 Å². The standard InChI is InChI=1S/C15H9N3O3/c19-15-13(14-16-11-8-4-5-9-12(11)20-14)18(17-21-15)10-6-2-1-3-7-10/h1-9H. The zero-order valence-corrected chi connectivity index (χ0v) is 10.8. The Morgan fingerprint density at radius 2 is 1.71 bits per heavy atom. The quantitative estimate of drug-likeness (QED) is 0.523. The molecule has 0 saturated carbocycles. The average Bonchev–Trinajstić information content (AvgIpc) is 3.11. The van der Waals surface area contributed by atoms with Crippen LogP contribution in [0.5, 0.6) is 5.95 Å². The molecule has 0 radical (unpaired) electrons. The van der Waals surface area contributed by atoms with Gasteiger partial charge in [0.15, 0.2) is 11.5 Å². The first-order chi connectivity index (χ1) is 10.3. The fraction of sp³-hybridized carbons (Fsp3) is 0. The van der Waals surface area contributed by atoms with Crippen molar-refractivity contribution in [2.75, 3.05) is 0 Å². The van der Waals surface area contributed by atoms with Gasteiger partial charge in [0.2, 0.25) is 5.69 Å². The van der Waals surface area contributed by atoms with Crippen molar-refractivity contribution in [2.24, 2.45) is 0 Å². The van der Waals surface area contributed by atoms with Crippen LogP contribution < -0.4 is 9.79 Å². The molecule has 2 aromatic heterocycles. The summed E-state index contributed by atoms with van der Waals surface area (Å²) in [5, 5.41) is 15.7. The van der Waals surface area contributed by atoms with Crippen molar-refractivity contribution >= 4 is 11.1 Å². The summed E-state index contributed by atoms with van der Waals surface area (Å²) in [7, 11) is 0. The molecule has 6 heteroatoms. The summed E-state index contributed by atoms with van der Waals surface area (Å²) in [6.07, 6.45) is 0. The van der Waals surface area contributed by atoms with Gasteiger partial charge in [-0.1, -0.05) is 30.3 Å². The van der Waals surface area contributed by atoms with E-state index in [4.69, 9.17) is 8.94 Å². The average molecular weight is 279 g/mol. The number of nitrogens with zero attached hydrogens (tertiary/aromatic N) is 3. The molecular weight excluding hydrogens is 270 g/mol. The molecule has 0 fully saturated rings. The maximum Gasteiger partial charge on any atom is 0.325 e. The lowest BCUT2D eigenvalue weighted by atomic mass is 10.3. The predicted molar refractivity (Wildman–Crippen MR) is 70.5 cm³/mol. The topological polar surface area (TPSA) is 79.0 Å². The molecule has 0 spiro atoms. The zero-order chi connectivity index (χ0) is 14.2. The van der Waals surface area contributed by atoms with E-state index in [2.05, 4.69) is 10.3 Å². The monoisotopic (exact) mass is 279 g/mol. The maximum absolute atomic E-state index is 11.9. The van der Waals surface area contributed by atoms with E-state index in [1.165, 1.54) is 4.68 Å². The molecular formula is C15H9N3O3. The number of benzene rings is 2. The number of hydrogen-bond acceptors (Lipinski definition) is 5. The van der Waals surface area contributed by atoms with Crippen molar-refractivity contribution < 1.29 is 18.7 Å². The number of fused-ring (bicyclic) bond motifs is 1. The summed E-state index contributed by atoms with van der Waals surface area (Å²) in [5.74, 6) is -0.406. The lowest BCUT2D eigenvalue weighted by Gasteiger charge is -1.92. The van der Waals surface area contributed by atoms with E-state index in [1.807, 2.05) is 48.5 Å². The third kappa shape index (κ3) is 1.85. The molecule has 0 atom stereocenters. The van der Waals surface area contributed by atoms with Crippen molar-refractivity contribution in [2.45, 2.75) is 0 Å². The molecule has 0 unspecified atom stereocenters. The Hall–Kier alpha value is -3.15. The largest absolute Gasteiger partial charge is 0.538 e. The van der Waals surface area contributed by atoms with Gasteiger partial charge in [-0.05, 0) is 16.8 Å². The second-order valence-corrected chi connectivity index (χ2v) is 4.44. The Morgan fingerprint density at radius 1 is 0.952 bits per heavy atom. The zero-order valence-electron chi connectivity index (χ0n) is 10.8. The molecule has 4 aromatic rings. The van der Waals surface area contributed by atoms with Gasteiger partial charge in [-0.3, -0.25) is 0 Å². The van der Waals surface area contributed by atoms with Crippen molar-refractivity contribution in [1.82, 2.24) is 10.3 Å². The Bertz CT molecular complexity index is 879. The Morgan fingerprint density at radius 3 is 2.52 bits per heavy atom. The number of rotatable bonds is 2. The van der Waals surface area contributed by atoms with Gasteiger partial charge in [-0.2, -0.15) is 0 Å². The van der Waals surface area contributed by atoms with Gasteiger partial charge in [0.1, 0.15) is 5.52 Å². The Kier molecular flexibility index (Phi) is 2.47. The first kappa shape index (κ1) is 11.7. The van der Waals surface area contributed by atoms with E-state index in [1.54, 1.807) is 6.07 Å². The summed E-state index contributed by atoms with van der Waals surface area (Å²) >= 11 is 0. The van der Waals surface area contributed by atoms with Crippen molar-refractivity contribution in [3.8, 4) is 23.2 Å². The first-order valence-corrected chi connectivity index (χ1v) is 6.33. The molecule has 2 heterocycles. The summed E-state index contributed by atoms with van der Waals surface area (Å²) in [4.78, 5) is 4.31. The van der Waals surface area contributed by atoms with Gasteiger partial charge < -0.3 is 14.0 Å². The highest BCUT2D eigenvalue weighted by Gasteiger charge is 2.26. The molecule has 0 aliphatic heterocycles. The first-order valence-electron chi connectivity index (χ1n) is 6.33. The molecule has 0 aliphatic carbocycles. The van der Waals surface area contributed by atoms with Gasteiger partial charge in [0.05, 0.1) is 5.27 Å². The molecule has 0 saturated heterocycles. The summed E-state index contributed by atoms with van der Waals surface area (Å²) in [6, 6.07) is 16.5. The summed E-state index contributed by atoms with van der Waals surface area (Å²) < 4.78 is 11.8. The fourth-order valence-electron chi connectivity index (χ4n) is 2.15. The SMILES string of the molecule is [O-]c1on[n+](-c2ccccc2)c1-c1nc2ccccc2o1. The van der Waals surface area contributed by atoms with E-state index in [0.717, 1.165) is 0 Å². The smallest absolute Gasteiger partial charge is 0.325 e. The molecule has 0 amide bonds. The Labute approximate surface area is 118 Å². The van der Waals surface area contributed by atoms with Crippen LogP contribution in [0.4, 0.5) is 0 Å². The number of oxazole rings is 1. The van der Waals surface area contributed by atoms with Gasteiger partial charge in [0.25, 0.3) is 5.89 Å². The van der Waals surface area contributed by atoms with Crippen LogP contribution in [0.3, 0.4) is 0 Å². The van der Waals surface area contributed by atoms with Crippen LogP contribution in [0.15, 0.2) is 63.5 Å². The third-order valence-corrected chi connectivity index (χ3v) is 3.11. The Balaban J connectivity index is 1.94. The highest BCUT2D eigenvalue weighted by Crippen LogP contribution is 2.27. The van der Waals surface area contributed by atoms with Gasteiger partial charge in [-0.25, -0.2) is 4.98 Å². The van der Waals surface area contributed by atoms with E-state index in [9.17, 15) is 5.11 Å². The second-order valence-electron chi connectivity index (χ2n) is 4.44. The molecule has 21 heavy (non-hydrogen) atoms. The van der Waals surface area contributed by atoms with Crippen molar-refractivity contribution in [3.63, 3.8) is 0 Å². The lowest BCUT2D eigenvalue weighted by Crippen LogP contribution is -2.34. The predicted octanol–water partition coefficient (Wildman–Crippen LogP) is 1.83. The molecule has 0 aliphatic rings. The fourth-order valence-corrected chi connectivity index (χ4v) is 2.15. The van der Waals surface area contributed by atoms with Crippen LogP contribution in [0.1, 0.15) is 0 Å². The highest BCUT2D eigenvalue weighted by atomic mass is 16.6. The molecule has 102 valence electrons. The minimum atomic E-state index is -0.592. The second kappa shape index (κ2) is 4.45. The van der Waals surface area contributed by atoms with Crippen LogP contribution in [0.2, 0.25) is 0 Å². The van der Waals surface area contributed by atoms with E-state index in [0.29, 0.717) is 16.8 Å². The minimum Gasteiger partial charge on any atom is -0.538 e. The molecule has 6 nitrogen and oxygen atoms in total. The summed E-state index contributed by atoms with van der Waals surface area (Å²) in [6.45, 7) is 0. The van der Waals surface area contributed by atoms with E-state index >= 15 is 0 Å². The van der Waals surface area contributed by atoms with Gasteiger partial charge in [-0.15, -0.1) is 0 Å². The molecule has 4 rings (SSSR count). The van der Waals surface area contributed by atoms with Crippen LogP contribution in [0.25, 0.3) is 28.4 Å². The highest BCUT2D eigenvalue weighted by molar-refractivity contribution is 5.75. The van der Waals surface area contributed by atoms with Crippen LogP contribution in [-0.2, 0) is 0 Å². The van der Waals surface area contributed by atoms with Crippen LogP contribution in [-0.4, -0.2) is 10.3 Å². The lowest BCUT2D eigenvalue weighted by molar-refractivity contribution is -0.660. The van der Waals surface area contributed by atoms with E-state index in [-0.39, 0.29) is 11.6 Å². The van der Waals surface area contributed by atoms with E-state index < -0.39 is 5.95 Å². The number of para-hydroxylation sites is 3. The molecule has 2 aromatic carbocycles. The minimum absolute atomic E-state index is 0.164. The van der Waals surface area contributed by atoms with Crippen molar-refractivity contribution in [1.29, 1.82) is 0 Å².